The van der Waals surface area contributed by atoms with Crippen LogP contribution in [0.3, 0.4) is 0 Å². The Morgan fingerprint density at radius 2 is 1.86 bits per heavy atom. The monoisotopic (exact) mass is 492 g/mol. The fourth-order valence-electron chi connectivity index (χ4n) is 5.87. The second-order valence-corrected chi connectivity index (χ2v) is 10.3. The summed E-state index contributed by atoms with van der Waals surface area (Å²) in [5.74, 6) is 1.12. The smallest absolute Gasteiger partial charge is 0.257 e. The fourth-order valence-corrected chi connectivity index (χ4v) is 5.87. The Labute approximate surface area is 212 Å². The average molecular weight is 493 g/mol. The minimum atomic E-state index is -0.163. The van der Waals surface area contributed by atoms with Crippen molar-refractivity contribution >= 4 is 29.3 Å². The molecule has 0 saturated carbocycles. The molecule has 2 fully saturated rings. The Kier molecular flexibility index (Phi) is 7.09. The van der Waals surface area contributed by atoms with Crippen LogP contribution in [0.25, 0.3) is 0 Å². The van der Waals surface area contributed by atoms with Crippen LogP contribution in [0.5, 0.6) is 0 Å². The molecule has 3 aliphatic rings. The van der Waals surface area contributed by atoms with Crippen molar-refractivity contribution in [3.05, 3.63) is 41.1 Å². The van der Waals surface area contributed by atoms with E-state index in [0.29, 0.717) is 48.8 Å². The Morgan fingerprint density at radius 1 is 1.11 bits per heavy atom. The molecule has 0 aliphatic carbocycles. The van der Waals surface area contributed by atoms with Crippen molar-refractivity contribution in [1.29, 1.82) is 0 Å². The first-order valence-corrected chi connectivity index (χ1v) is 13.2. The lowest BCUT2D eigenvalue weighted by Gasteiger charge is -2.39. The zero-order valence-corrected chi connectivity index (χ0v) is 21.2. The van der Waals surface area contributed by atoms with Crippen LogP contribution < -0.4 is 15.5 Å². The molecule has 1 aromatic carbocycles. The van der Waals surface area contributed by atoms with E-state index in [-0.39, 0.29) is 24.5 Å². The van der Waals surface area contributed by atoms with Crippen LogP contribution in [0.4, 0.5) is 17.5 Å². The summed E-state index contributed by atoms with van der Waals surface area (Å²) < 4.78 is 0. The molecule has 3 N–H and O–H groups in total. The molecule has 9 heteroatoms. The maximum Gasteiger partial charge on any atom is 0.257 e. The molecule has 3 aliphatic heterocycles. The van der Waals surface area contributed by atoms with Crippen molar-refractivity contribution in [3.8, 4) is 0 Å². The van der Waals surface area contributed by atoms with Crippen LogP contribution in [-0.4, -0.2) is 63.1 Å². The zero-order valence-electron chi connectivity index (χ0n) is 21.2. The topological polar surface area (TPSA) is 111 Å². The number of anilines is 3. The van der Waals surface area contributed by atoms with Crippen molar-refractivity contribution in [3.63, 3.8) is 0 Å². The molecule has 192 valence electrons. The quantitative estimate of drug-likeness (QED) is 0.545. The third-order valence-corrected chi connectivity index (χ3v) is 7.77. The van der Waals surface area contributed by atoms with E-state index < -0.39 is 0 Å². The van der Waals surface area contributed by atoms with Crippen LogP contribution in [0.15, 0.2) is 24.3 Å². The SMILES string of the molecule is C[C@@H]1CCC[C@H](C)N1c1nc2c(c(Nc3ccc(CC(=O)N4CCC[C@H]4CCO)cc3)n1)C(=O)NC2. The van der Waals surface area contributed by atoms with Crippen LogP contribution in [0.1, 0.15) is 74.0 Å². The molecule has 2 saturated heterocycles. The van der Waals surface area contributed by atoms with Gasteiger partial charge in [-0.25, -0.2) is 4.98 Å². The van der Waals surface area contributed by atoms with Gasteiger partial charge in [-0.1, -0.05) is 12.1 Å². The molecule has 0 radical (unpaired) electrons. The predicted molar refractivity (Wildman–Crippen MR) is 138 cm³/mol. The molecular formula is C27H36N6O3. The lowest BCUT2D eigenvalue weighted by molar-refractivity contribution is -0.131. The first-order valence-electron chi connectivity index (χ1n) is 13.2. The highest BCUT2D eigenvalue weighted by molar-refractivity contribution is 6.03. The highest BCUT2D eigenvalue weighted by Gasteiger charge is 2.32. The van der Waals surface area contributed by atoms with Gasteiger partial charge in [-0.15, -0.1) is 0 Å². The number of carbonyl (C=O) groups is 2. The van der Waals surface area contributed by atoms with Gasteiger partial charge in [-0.3, -0.25) is 9.59 Å². The summed E-state index contributed by atoms with van der Waals surface area (Å²) in [5, 5.41) is 15.5. The van der Waals surface area contributed by atoms with Gasteiger partial charge in [0.1, 0.15) is 11.4 Å². The Morgan fingerprint density at radius 3 is 2.58 bits per heavy atom. The van der Waals surface area contributed by atoms with Gasteiger partial charge in [0.05, 0.1) is 18.7 Å². The highest BCUT2D eigenvalue weighted by atomic mass is 16.3. The second-order valence-electron chi connectivity index (χ2n) is 10.3. The van der Waals surface area contributed by atoms with Crippen LogP contribution in [0.2, 0.25) is 0 Å². The molecule has 0 unspecified atom stereocenters. The lowest BCUT2D eigenvalue weighted by atomic mass is 9.98. The number of aliphatic hydroxyl groups is 1. The Balaban J connectivity index is 1.33. The molecule has 4 heterocycles. The van der Waals surface area contributed by atoms with Crippen LogP contribution in [-0.2, 0) is 17.8 Å². The highest BCUT2D eigenvalue weighted by Crippen LogP contribution is 2.32. The summed E-state index contributed by atoms with van der Waals surface area (Å²) in [7, 11) is 0. The molecule has 2 amide bonds. The number of amides is 2. The van der Waals surface area contributed by atoms with E-state index in [1.54, 1.807) is 0 Å². The summed E-state index contributed by atoms with van der Waals surface area (Å²) in [4.78, 5) is 39.2. The Bertz CT molecular complexity index is 1110. The maximum absolute atomic E-state index is 12.8. The predicted octanol–water partition coefficient (Wildman–Crippen LogP) is 3.15. The number of benzene rings is 1. The number of piperidine rings is 1. The number of likely N-dealkylation sites (tertiary alicyclic amines) is 1. The van der Waals surface area contributed by atoms with Crippen molar-refractivity contribution < 1.29 is 14.7 Å². The number of hydrogen-bond acceptors (Lipinski definition) is 7. The molecule has 2 aromatic rings. The van der Waals surface area contributed by atoms with Gasteiger partial charge < -0.3 is 25.5 Å². The summed E-state index contributed by atoms with van der Waals surface area (Å²) in [6.07, 6.45) is 6.33. The molecule has 9 nitrogen and oxygen atoms in total. The van der Waals surface area contributed by atoms with Gasteiger partial charge in [-0.2, -0.15) is 4.98 Å². The number of carbonyl (C=O) groups excluding carboxylic acids is 2. The number of nitrogens with one attached hydrogen (secondary N) is 2. The summed E-state index contributed by atoms with van der Waals surface area (Å²) in [6.45, 7) is 5.69. The van der Waals surface area contributed by atoms with E-state index in [9.17, 15) is 14.7 Å². The number of rotatable bonds is 7. The van der Waals surface area contributed by atoms with Crippen molar-refractivity contribution in [2.75, 3.05) is 23.4 Å². The van der Waals surface area contributed by atoms with Gasteiger partial charge in [-0.05, 0) is 70.1 Å². The average Bonchev–Trinajstić information content (AvgIpc) is 3.47. The van der Waals surface area contributed by atoms with Crippen molar-refractivity contribution in [1.82, 2.24) is 20.2 Å². The van der Waals surface area contributed by atoms with Crippen LogP contribution in [0, 0.1) is 0 Å². The number of fused-ring (bicyclic) bond motifs is 1. The molecule has 5 rings (SSSR count). The number of hydrogen-bond donors (Lipinski definition) is 3. The third kappa shape index (κ3) is 4.89. The molecule has 36 heavy (non-hydrogen) atoms. The minimum absolute atomic E-state index is 0.103. The first kappa shape index (κ1) is 24.5. The van der Waals surface area contributed by atoms with E-state index in [2.05, 4.69) is 29.4 Å². The van der Waals surface area contributed by atoms with Gasteiger partial charge in [0.2, 0.25) is 11.9 Å². The lowest BCUT2D eigenvalue weighted by Crippen LogP contribution is -2.45. The summed E-state index contributed by atoms with van der Waals surface area (Å²) in [5.41, 5.74) is 2.96. The van der Waals surface area contributed by atoms with E-state index in [1.807, 2.05) is 29.2 Å². The van der Waals surface area contributed by atoms with Gasteiger partial charge in [0.15, 0.2) is 0 Å². The number of aliphatic hydroxyl groups excluding tert-OH is 1. The van der Waals surface area contributed by atoms with Gasteiger partial charge in [0, 0.05) is 37.0 Å². The molecule has 1 aromatic heterocycles. The largest absolute Gasteiger partial charge is 0.396 e. The molecule has 0 spiro atoms. The molecular weight excluding hydrogens is 456 g/mol. The zero-order chi connectivity index (χ0) is 25.2. The Hall–Kier alpha value is -3.20. The van der Waals surface area contributed by atoms with E-state index in [4.69, 9.17) is 9.97 Å². The normalized spacial score (nSPS) is 23.5. The number of aromatic nitrogens is 2. The van der Waals surface area contributed by atoms with Crippen molar-refractivity contribution in [2.24, 2.45) is 0 Å². The van der Waals surface area contributed by atoms with E-state index in [1.165, 1.54) is 6.42 Å². The van der Waals surface area contributed by atoms with Gasteiger partial charge >= 0.3 is 0 Å². The van der Waals surface area contributed by atoms with Gasteiger partial charge in [0.25, 0.3) is 5.91 Å². The maximum atomic E-state index is 12.8. The summed E-state index contributed by atoms with van der Waals surface area (Å²) >= 11 is 0. The fraction of sp³-hybridized carbons (Fsp3) is 0.556. The standard InChI is InChI=1S/C27H36N6O3/c1-17-5-3-6-18(2)33(17)27-30-22-16-28-26(36)24(22)25(31-27)29-20-10-8-19(9-11-20)15-23(35)32-13-4-7-21(32)12-14-34/h8-11,17-18,21,34H,3-7,12-16H2,1-2H3,(H,28,36)(H,29,30,31)/t17-,18+,21-/m0/s1. The van der Waals surface area contributed by atoms with E-state index in [0.717, 1.165) is 49.2 Å². The summed E-state index contributed by atoms with van der Waals surface area (Å²) in [6, 6.07) is 8.55. The van der Waals surface area contributed by atoms with E-state index >= 15 is 0 Å². The second kappa shape index (κ2) is 10.4. The van der Waals surface area contributed by atoms with Crippen LogP contribution >= 0.6 is 0 Å². The molecule has 3 atom stereocenters. The third-order valence-electron chi connectivity index (χ3n) is 7.77. The first-order chi connectivity index (χ1) is 17.4. The van der Waals surface area contributed by atoms with Crippen molar-refractivity contribution in [2.45, 2.75) is 83.5 Å². The molecule has 0 bridgehead atoms. The number of nitrogens with zero attached hydrogens (tertiary/aromatic N) is 4. The minimum Gasteiger partial charge on any atom is -0.396 e.